The Hall–Kier alpha value is -3.08. The van der Waals surface area contributed by atoms with E-state index in [0.717, 1.165) is 16.9 Å². The molecule has 0 fully saturated rings. The number of ether oxygens (including phenoxy) is 1. The first-order chi connectivity index (χ1) is 11.7. The van der Waals surface area contributed by atoms with E-state index in [1.165, 1.54) is 0 Å². The second-order valence-electron chi connectivity index (χ2n) is 5.44. The van der Waals surface area contributed by atoms with Gasteiger partial charge in [0.2, 0.25) is 0 Å². The van der Waals surface area contributed by atoms with E-state index in [0.29, 0.717) is 24.5 Å². The number of benzene rings is 1. The van der Waals surface area contributed by atoms with Crippen molar-refractivity contribution in [2.24, 2.45) is 0 Å². The van der Waals surface area contributed by atoms with Gasteiger partial charge in [-0.05, 0) is 30.7 Å². The Morgan fingerprint density at radius 2 is 2.17 bits per heavy atom. The lowest BCUT2D eigenvalue weighted by Gasteiger charge is -2.10. The van der Waals surface area contributed by atoms with Crippen LogP contribution in [0.2, 0.25) is 0 Å². The third-order valence-corrected chi connectivity index (χ3v) is 3.64. The first kappa shape index (κ1) is 15.8. The predicted octanol–water partition coefficient (Wildman–Crippen LogP) is 3.14. The third kappa shape index (κ3) is 3.30. The molecule has 1 amide bonds. The molecule has 122 valence electrons. The van der Waals surface area contributed by atoms with Crippen LogP contribution >= 0.6 is 0 Å². The molecule has 0 radical (unpaired) electrons. The summed E-state index contributed by atoms with van der Waals surface area (Å²) in [5, 5.41) is 2.76. The number of aryl methyl sites for hydroxylation is 1. The quantitative estimate of drug-likeness (QED) is 0.710. The van der Waals surface area contributed by atoms with Gasteiger partial charge in [0.05, 0.1) is 11.3 Å². The first-order valence-electron chi connectivity index (χ1n) is 7.73. The molecule has 2 aromatic heterocycles. The van der Waals surface area contributed by atoms with Crippen LogP contribution in [-0.4, -0.2) is 21.8 Å². The van der Waals surface area contributed by atoms with Gasteiger partial charge in [-0.2, -0.15) is 0 Å². The molecule has 0 saturated carbocycles. The average molecular weight is 321 g/mol. The second-order valence-corrected chi connectivity index (χ2v) is 5.44. The number of hydrogen-bond donors (Lipinski definition) is 1. The standard InChI is InChI=1S/C19H19N3O2/c1-3-10-20-19(23)16-8-4-5-9-17(16)24-13-15-12-22-11-6-7-14(2)18(22)21-15/h3-9,11-12H,1,10,13H2,2H3,(H,20,23). The number of rotatable bonds is 6. The Balaban J connectivity index is 1.77. The van der Waals surface area contributed by atoms with E-state index in [9.17, 15) is 4.79 Å². The van der Waals surface area contributed by atoms with Crippen molar-refractivity contribution >= 4 is 11.6 Å². The fraction of sp³-hybridized carbons (Fsp3) is 0.158. The van der Waals surface area contributed by atoms with Crippen LogP contribution in [0.5, 0.6) is 5.75 Å². The van der Waals surface area contributed by atoms with Crippen molar-refractivity contribution in [3.8, 4) is 5.75 Å². The monoisotopic (exact) mass is 321 g/mol. The highest BCUT2D eigenvalue weighted by molar-refractivity contribution is 5.96. The number of fused-ring (bicyclic) bond motifs is 1. The normalized spacial score (nSPS) is 10.5. The summed E-state index contributed by atoms with van der Waals surface area (Å²) < 4.78 is 7.80. The number of amides is 1. The van der Waals surface area contributed by atoms with Crippen LogP contribution < -0.4 is 10.1 Å². The highest BCUT2D eigenvalue weighted by Crippen LogP contribution is 2.19. The molecule has 0 unspecified atom stereocenters. The summed E-state index contributed by atoms with van der Waals surface area (Å²) in [6.45, 7) is 6.33. The van der Waals surface area contributed by atoms with Crippen molar-refractivity contribution in [2.45, 2.75) is 13.5 Å². The molecule has 5 nitrogen and oxygen atoms in total. The van der Waals surface area contributed by atoms with E-state index in [-0.39, 0.29) is 5.91 Å². The molecule has 0 saturated heterocycles. The highest BCUT2D eigenvalue weighted by atomic mass is 16.5. The van der Waals surface area contributed by atoms with Crippen LogP contribution in [0.25, 0.3) is 5.65 Å². The van der Waals surface area contributed by atoms with Crippen molar-refractivity contribution in [2.75, 3.05) is 6.54 Å². The number of aromatic nitrogens is 2. The van der Waals surface area contributed by atoms with Crippen LogP contribution in [0.15, 0.2) is 61.4 Å². The predicted molar refractivity (Wildman–Crippen MR) is 93.2 cm³/mol. The zero-order chi connectivity index (χ0) is 16.9. The molecule has 24 heavy (non-hydrogen) atoms. The van der Waals surface area contributed by atoms with Crippen LogP contribution in [0.3, 0.4) is 0 Å². The number of hydrogen-bond acceptors (Lipinski definition) is 3. The van der Waals surface area contributed by atoms with Gasteiger partial charge in [-0.25, -0.2) is 4.98 Å². The molecular weight excluding hydrogens is 302 g/mol. The molecule has 2 heterocycles. The van der Waals surface area contributed by atoms with E-state index < -0.39 is 0 Å². The molecule has 0 aliphatic carbocycles. The molecular formula is C19H19N3O2. The Morgan fingerprint density at radius 1 is 1.33 bits per heavy atom. The van der Waals surface area contributed by atoms with E-state index in [4.69, 9.17) is 4.74 Å². The van der Waals surface area contributed by atoms with Crippen molar-refractivity contribution in [3.63, 3.8) is 0 Å². The summed E-state index contributed by atoms with van der Waals surface area (Å²) in [5.41, 5.74) is 3.32. The summed E-state index contributed by atoms with van der Waals surface area (Å²) in [6, 6.07) is 11.2. The molecule has 3 rings (SSSR count). The number of imidazole rings is 1. The number of nitrogens with zero attached hydrogens (tertiary/aromatic N) is 2. The molecule has 0 spiro atoms. The minimum absolute atomic E-state index is 0.184. The summed E-state index contributed by atoms with van der Waals surface area (Å²) in [4.78, 5) is 16.7. The maximum Gasteiger partial charge on any atom is 0.255 e. The van der Waals surface area contributed by atoms with Crippen LogP contribution in [-0.2, 0) is 6.61 Å². The van der Waals surface area contributed by atoms with Gasteiger partial charge in [-0.3, -0.25) is 4.79 Å². The fourth-order valence-electron chi connectivity index (χ4n) is 2.47. The largest absolute Gasteiger partial charge is 0.486 e. The van der Waals surface area contributed by atoms with Gasteiger partial charge in [-0.15, -0.1) is 6.58 Å². The van der Waals surface area contributed by atoms with Gasteiger partial charge < -0.3 is 14.5 Å². The second kappa shape index (κ2) is 7.00. The minimum atomic E-state index is -0.184. The highest BCUT2D eigenvalue weighted by Gasteiger charge is 2.12. The SMILES string of the molecule is C=CCNC(=O)c1ccccc1OCc1cn2cccc(C)c2n1. The maximum absolute atomic E-state index is 12.2. The van der Waals surface area contributed by atoms with Crippen LogP contribution in [0.4, 0.5) is 0 Å². The lowest BCUT2D eigenvalue weighted by atomic mass is 10.2. The summed E-state index contributed by atoms with van der Waals surface area (Å²) >= 11 is 0. The van der Waals surface area contributed by atoms with Crippen molar-refractivity contribution < 1.29 is 9.53 Å². The van der Waals surface area contributed by atoms with Crippen molar-refractivity contribution in [3.05, 3.63) is 78.3 Å². The number of nitrogens with one attached hydrogen (secondary N) is 1. The van der Waals surface area contributed by atoms with Gasteiger partial charge in [0, 0.05) is 18.9 Å². The third-order valence-electron chi connectivity index (χ3n) is 3.64. The van der Waals surface area contributed by atoms with Gasteiger partial charge in [-0.1, -0.05) is 24.3 Å². The van der Waals surface area contributed by atoms with Gasteiger partial charge >= 0.3 is 0 Å². The van der Waals surface area contributed by atoms with Crippen LogP contribution in [0.1, 0.15) is 21.6 Å². The molecule has 1 N–H and O–H groups in total. The van der Waals surface area contributed by atoms with E-state index in [1.807, 2.05) is 48.0 Å². The lowest BCUT2D eigenvalue weighted by molar-refractivity contribution is 0.0953. The number of carbonyl (C=O) groups excluding carboxylic acids is 1. The minimum Gasteiger partial charge on any atom is -0.486 e. The molecule has 0 atom stereocenters. The van der Waals surface area contributed by atoms with Crippen LogP contribution in [0, 0.1) is 6.92 Å². The number of pyridine rings is 1. The summed E-state index contributed by atoms with van der Waals surface area (Å²) in [7, 11) is 0. The zero-order valence-corrected chi connectivity index (χ0v) is 13.5. The van der Waals surface area contributed by atoms with Gasteiger partial charge in [0.15, 0.2) is 0 Å². The number of carbonyl (C=O) groups is 1. The van der Waals surface area contributed by atoms with Crippen molar-refractivity contribution in [1.82, 2.24) is 14.7 Å². The Labute approximate surface area is 140 Å². The average Bonchev–Trinajstić information content (AvgIpc) is 3.03. The van der Waals surface area contributed by atoms with Gasteiger partial charge in [0.25, 0.3) is 5.91 Å². The number of para-hydroxylation sites is 1. The molecule has 5 heteroatoms. The molecule has 0 aliphatic rings. The zero-order valence-electron chi connectivity index (χ0n) is 13.5. The van der Waals surface area contributed by atoms with Gasteiger partial charge in [0.1, 0.15) is 18.0 Å². The Bertz CT molecular complexity index is 883. The molecule has 3 aromatic rings. The Morgan fingerprint density at radius 3 is 2.96 bits per heavy atom. The topological polar surface area (TPSA) is 55.6 Å². The summed E-state index contributed by atoms with van der Waals surface area (Å²) in [6.07, 6.45) is 5.53. The molecule has 0 aliphatic heterocycles. The van der Waals surface area contributed by atoms with Crippen molar-refractivity contribution in [1.29, 1.82) is 0 Å². The molecule has 0 bridgehead atoms. The first-order valence-corrected chi connectivity index (χ1v) is 7.73. The van der Waals surface area contributed by atoms with E-state index in [1.54, 1.807) is 18.2 Å². The smallest absolute Gasteiger partial charge is 0.255 e. The van der Waals surface area contributed by atoms with E-state index >= 15 is 0 Å². The fourth-order valence-corrected chi connectivity index (χ4v) is 2.47. The van der Waals surface area contributed by atoms with E-state index in [2.05, 4.69) is 16.9 Å². The lowest BCUT2D eigenvalue weighted by Crippen LogP contribution is -2.23. The maximum atomic E-state index is 12.2. The Kier molecular flexibility index (Phi) is 4.61. The molecule has 1 aromatic carbocycles. The summed E-state index contributed by atoms with van der Waals surface area (Å²) in [5.74, 6) is 0.351.